The Morgan fingerprint density at radius 2 is 2.07 bits per heavy atom. The van der Waals surface area contributed by atoms with Gasteiger partial charge in [0.1, 0.15) is 0 Å². The fraction of sp³-hybridized carbons (Fsp3) is 1.00. The van der Waals surface area contributed by atoms with Gasteiger partial charge in [-0.1, -0.05) is 13.8 Å². The highest BCUT2D eigenvalue weighted by Gasteiger charge is 2.68. The third kappa shape index (κ3) is 0.807. The van der Waals surface area contributed by atoms with Crippen LogP contribution in [0.5, 0.6) is 0 Å². The summed E-state index contributed by atoms with van der Waals surface area (Å²) in [4.78, 5) is 0. The molecule has 14 heavy (non-hydrogen) atoms. The van der Waals surface area contributed by atoms with E-state index in [4.69, 9.17) is 0 Å². The number of hydrogen-bond donors (Lipinski definition) is 1. The minimum Gasteiger partial charge on any atom is -0.212 e. The molecule has 0 aromatic heterocycles. The highest BCUT2D eigenvalue weighted by Crippen LogP contribution is 2.67. The fourth-order valence-corrected chi connectivity index (χ4v) is 6.42. The minimum absolute atomic E-state index is 0.0521. The van der Waals surface area contributed by atoms with Gasteiger partial charge in [-0.05, 0) is 30.6 Å². The van der Waals surface area contributed by atoms with Crippen LogP contribution in [0.15, 0.2) is 0 Å². The Balaban J connectivity index is 2.13. The van der Waals surface area contributed by atoms with Crippen LogP contribution in [0, 0.1) is 16.7 Å². The Labute approximate surface area is 85.3 Å². The molecular formula is C10H17NO2S. The lowest BCUT2D eigenvalue weighted by molar-refractivity contribution is 0.146. The van der Waals surface area contributed by atoms with Crippen LogP contribution < -0.4 is 4.72 Å². The Hall–Kier alpha value is -0.0900. The summed E-state index contributed by atoms with van der Waals surface area (Å²) in [6, 6.07) is 0.237. The van der Waals surface area contributed by atoms with Gasteiger partial charge in [0.25, 0.3) is 0 Å². The molecule has 0 radical (unpaired) electrons. The van der Waals surface area contributed by atoms with E-state index < -0.39 is 10.0 Å². The van der Waals surface area contributed by atoms with Gasteiger partial charge in [-0.3, -0.25) is 0 Å². The summed E-state index contributed by atoms with van der Waals surface area (Å²) in [6.45, 7) is 4.51. The molecule has 1 heterocycles. The summed E-state index contributed by atoms with van der Waals surface area (Å²) in [5.41, 5.74) is 0.269. The summed E-state index contributed by atoms with van der Waals surface area (Å²) in [5, 5.41) is 0. The molecule has 0 aromatic rings. The van der Waals surface area contributed by atoms with Crippen LogP contribution in [0.4, 0.5) is 0 Å². The average molecular weight is 215 g/mol. The van der Waals surface area contributed by atoms with Crippen LogP contribution in [0.25, 0.3) is 0 Å². The van der Waals surface area contributed by atoms with Crippen molar-refractivity contribution in [2.75, 3.05) is 5.75 Å². The molecule has 1 saturated heterocycles. The van der Waals surface area contributed by atoms with Gasteiger partial charge in [0.05, 0.1) is 5.75 Å². The van der Waals surface area contributed by atoms with Gasteiger partial charge in [0, 0.05) is 11.5 Å². The van der Waals surface area contributed by atoms with Gasteiger partial charge in [0.2, 0.25) is 10.0 Å². The fourth-order valence-electron chi connectivity index (χ4n) is 4.18. The summed E-state index contributed by atoms with van der Waals surface area (Å²) in [5.74, 6) is 1.10. The molecular weight excluding hydrogens is 198 g/mol. The highest BCUT2D eigenvalue weighted by molar-refractivity contribution is 7.89. The molecule has 0 aromatic carbocycles. The number of nitrogens with one attached hydrogen (secondary N) is 1. The Kier molecular flexibility index (Phi) is 1.43. The number of rotatable bonds is 0. The van der Waals surface area contributed by atoms with Crippen LogP contribution in [0.1, 0.15) is 33.1 Å². The maximum absolute atomic E-state index is 11.6. The summed E-state index contributed by atoms with van der Waals surface area (Å²) < 4.78 is 26.0. The molecule has 3 rings (SSSR count). The maximum atomic E-state index is 11.6. The second-order valence-electron chi connectivity index (χ2n) is 5.78. The molecule has 1 spiro atoms. The summed E-state index contributed by atoms with van der Waals surface area (Å²) >= 11 is 0. The minimum atomic E-state index is -2.97. The summed E-state index contributed by atoms with van der Waals surface area (Å²) in [7, 11) is -2.97. The Bertz CT molecular complexity index is 387. The van der Waals surface area contributed by atoms with E-state index in [1.54, 1.807) is 0 Å². The Morgan fingerprint density at radius 3 is 2.64 bits per heavy atom. The molecule has 3 aliphatic rings. The molecule has 1 aliphatic heterocycles. The number of sulfonamides is 1. The van der Waals surface area contributed by atoms with Crippen LogP contribution in [-0.2, 0) is 10.0 Å². The molecule has 1 N–H and O–H groups in total. The number of hydrogen-bond acceptors (Lipinski definition) is 2. The summed E-state index contributed by atoms with van der Waals surface area (Å²) in [6.07, 6.45) is 3.38. The van der Waals surface area contributed by atoms with E-state index >= 15 is 0 Å². The molecule has 0 amide bonds. The molecule has 3 atom stereocenters. The molecule has 2 bridgehead atoms. The van der Waals surface area contributed by atoms with Crippen molar-refractivity contribution in [3.05, 3.63) is 0 Å². The normalized spacial score (nSPS) is 52.1. The van der Waals surface area contributed by atoms with E-state index in [1.807, 2.05) is 0 Å². The van der Waals surface area contributed by atoms with Crippen LogP contribution in [-0.4, -0.2) is 20.2 Å². The third-order valence-corrected chi connectivity index (χ3v) is 6.74. The number of fused-ring (bicyclic) bond motifs is 1. The van der Waals surface area contributed by atoms with E-state index in [-0.39, 0.29) is 16.9 Å². The van der Waals surface area contributed by atoms with Gasteiger partial charge in [-0.15, -0.1) is 0 Å². The highest BCUT2D eigenvalue weighted by atomic mass is 32.2. The first-order valence-electron chi connectivity index (χ1n) is 5.37. The van der Waals surface area contributed by atoms with Crippen LogP contribution in [0.3, 0.4) is 0 Å². The lowest BCUT2D eigenvalue weighted by Crippen LogP contribution is -2.39. The monoisotopic (exact) mass is 215 g/mol. The largest absolute Gasteiger partial charge is 0.212 e. The molecule has 2 saturated carbocycles. The first-order valence-corrected chi connectivity index (χ1v) is 7.03. The van der Waals surface area contributed by atoms with Gasteiger partial charge >= 0.3 is 0 Å². The molecule has 3 fully saturated rings. The Morgan fingerprint density at radius 1 is 1.36 bits per heavy atom. The van der Waals surface area contributed by atoms with E-state index in [0.717, 1.165) is 18.8 Å². The zero-order chi connectivity index (χ0) is 10.2. The van der Waals surface area contributed by atoms with Crippen molar-refractivity contribution in [3.8, 4) is 0 Å². The average Bonchev–Trinajstić information content (AvgIpc) is 2.50. The zero-order valence-corrected chi connectivity index (χ0v) is 9.52. The SMILES string of the molecule is CC1(C)[C@@H]2CC[C@@]13CS(=O)(=O)N[C@H]3C2. The molecule has 4 heteroatoms. The first kappa shape index (κ1) is 9.16. The second kappa shape index (κ2) is 2.19. The van der Waals surface area contributed by atoms with Crippen LogP contribution >= 0.6 is 0 Å². The maximum Gasteiger partial charge on any atom is 0.212 e. The lowest BCUT2D eigenvalue weighted by atomic mass is 9.69. The molecule has 0 unspecified atom stereocenters. The van der Waals surface area contributed by atoms with Crippen LogP contribution in [0.2, 0.25) is 0 Å². The first-order chi connectivity index (χ1) is 6.37. The van der Waals surface area contributed by atoms with Crippen molar-refractivity contribution in [2.24, 2.45) is 16.7 Å². The smallest absolute Gasteiger partial charge is 0.212 e. The predicted octanol–water partition coefficient (Wildman–Crippen LogP) is 1.11. The zero-order valence-electron chi connectivity index (χ0n) is 8.71. The molecule has 80 valence electrons. The molecule has 2 aliphatic carbocycles. The van der Waals surface area contributed by atoms with E-state index in [9.17, 15) is 8.42 Å². The third-order valence-electron chi connectivity index (χ3n) is 5.20. The van der Waals surface area contributed by atoms with Crippen molar-refractivity contribution >= 4 is 10.0 Å². The van der Waals surface area contributed by atoms with E-state index in [0.29, 0.717) is 5.75 Å². The second-order valence-corrected chi connectivity index (χ2v) is 7.53. The van der Waals surface area contributed by atoms with Crippen molar-refractivity contribution < 1.29 is 8.42 Å². The van der Waals surface area contributed by atoms with Crippen molar-refractivity contribution in [3.63, 3.8) is 0 Å². The molecule has 3 nitrogen and oxygen atoms in total. The van der Waals surface area contributed by atoms with Crippen molar-refractivity contribution in [1.82, 2.24) is 4.72 Å². The van der Waals surface area contributed by atoms with Gasteiger partial charge in [-0.25, -0.2) is 13.1 Å². The predicted molar refractivity (Wildman–Crippen MR) is 54.3 cm³/mol. The van der Waals surface area contributed by atoms with Gasteiger partial charge in [0.15, 0.2) is 0 Å². The van der Waals surface area contributed by atoms with E-state index in [2.05, 4.69) is 18.6 Å². The lowest BCUT2D eigenvalue weighted by Gasteiger charge is -2.36. The van der Waals surface area contributed by atoms with Gasteiger partial charge < -0.3 is 0 Å². The standard InChI is InChI=1S/C10H17NO2S/c1-9(2)7-3-4-10(9)6-14(12,13)11-8(10)5-7/h7-8,11H,3-6H2,1-2H3/t7-,8+,10+/m1/s1. The quantitative estimate of drug-likeness (QED) is 0.658. The van der Waals surface area contributed by atoms with Crippen molar-refractivity contribution in [2.45, 2.75) is 39.2 Å². The van der Waals surface area contributed by atoms with Crippen molar-refractivity contribution in [1.29, 1.82) is 0 Å². The topological polar surface area (TPSA) is 46.2 Å². The van der Waals surface area contributed by atoms with Gasteiger partial charge in [-0.2, -0.15) is 0 Å². The van der Waals surface area contributed by atoms with E-state index in [1.165, 1.54) is 6.42 Å².